The molecule has 2 amide bonds. The third-order valence-electron chi connectivity index (χ3n) is 6.87. The van der Waals surface area contributed by atoms with E-state index in [1.54, 1.807) is 0 Å². The van der Waals surface area contributed by atoms with Crippen molar-refractivity contribution in [1.82, 2.24) is 40.7 Å². The maximum absolute atomic E-state index is 12.6. The van der Waals surface area contributed by atoms with E-state index in [0.717, 1.165) is 54.5 Å². The molecule has 4 aromatic rings. The average Bonchev–Trinajstić information content (AvgIpc) is 3.65. The maximum Gasteiger partial charge on any atom is 0.269 e. The Bertz CT molecular complexity index is 1420. The predicted molar refractivity (Wildman–Crippen MR) is 142 cm³/mol. The lowest BCUT2D eigenvalue weighted by atomic mass is 9.98. The van der Waals surface area contributed by atoms with Crippen LogP contribution in [0.25, 0.3) is 33.5 Å². The van der Waals surface area contributed by atoms with Crippen LogP contribution in [0.1, 0.15) is 47.8 Å². The number of nitrogens with one attached hydrogen (secondary N) is 4. The fourth-order valence-electron chi connectivity index (χ4n) is 4.72. The normalized spacial score (nSPS) is 13.6. The Morgan fingerprint density at radius 2 is 2.11 bits per heavy atom. The number of imidazole rings is 1. The number of rotatable bonds is 10. The van der Waals surface area contributed by atoms with Gasteiger partial charge in [-0.15, -0.1) is 0 Å². The number of likely N-dealkylation sites (tertiary alicyclic amines) is 1. The van der Waals surface area contributed by atoms with Crippen molar-refractivity contribution in [3.8, 4) is 22.6 Å². The van der Waals surface area contributed by atoms with E-state index in [0.29, 0.717) is 36.7 Å². The summed E-state index contributed by atoms with van der Waals surface area (Å²) in [5.41, 5.74) is 6.37. The van der Waals surface area contributed by atoms with E-state index >= 15 is 0 Å². The van der Waals surface area contributed by atoms with E-state index in [4.69, 9.17) is 0 Å². The van der Waals surface area contributed by atoms with Gasteiger partial charge in [0.15, 0.2) is 5.82 Å². The molecule has 0 aliphatic carbocycles. The second-order valence-corrected chi connectivity index (χ2v) is 9.32. The van der Waals surface area contributed by atoms with Gasteiger partial charge in [-0.2, -0.15) is 5.10 Å². The van der Waals surface area contributed by atoms with Crippen LogP contribution >= 0.6 is 0 Å². The fraction of sp³-hybridized carbons (Fsp3) is 0.370. The van der Waals surface area contributed by atoms with Crippen molar-refractivity contribution in [2.75, 3.05) is 26.2 Å². The van der Waals surface area contributed by atoms with E-state index in [2.05, 4.69) is 61.8 Å². The van der Waals surface area contributed by atoms with Gasteiger partial charge in [0, 0.05) is 55.9 Å². The van der Waals surface area contributed by atoms with Crippen LogP contribution in [-0.4, -0.2) is 68.0 Å². The van der Waals surface area contributed by atoms with Crippen LogP contribution in [0.5, 0.6) is 0 Å². The van der Waals surface area contributed by atoms with E-state index < -0.39 is 0 Å². The standard InChI is InChI=1S/C27H32N8O2/c1-3-28-13-19-14-29-15-21(17(19)2)18-7-8-22-20(12-18)25(34-33-22)26-31-16-23(32-26)27(37)30-9-5-11-35-10-4-6-24(35)36/h7-8,12,14-16,28H,3-6,9-11,13H2,1-2H3,(H,30,37)(H,31,32)(H,33,34). The Hall–Kier alpha value is -4.05. The summed E-state index contributed by atoms with van der Waals surface area (Å²) in [6.45, 7) is 7.85. The number of hydrogen-bond acceptors (Lipinski definition) is 6. The molecule has 10 nitrogen and oxygen atoms in total. The zero-order valence-corrected chi connectivity index (χ0v) is 21.2. The predicted octanol–water partition coefficient (Wildman–Crippen LogP) is 3.18. The Kier molecular flexibility index (Phi) is 7.27. The molecule has 1 saturated heterocycles. The minimum absolute atomic E-state index is 0.201. The fourth-order valence-corrected chi connectivity index (χ4v) is 4.72. The van der Waals surface area contributed by atoms with Crippen LogP contribution in [-0.2, 0) is 11.3 Å². The molecule has 10 heteroatoms. The molecule has 0 saturated carbocycles. The highest BCUT2D eigenvalue weighted by atomic mass is 16.2. The smallest absolute Gasteiger partial charge is 0.269 e. The summed E-state index contributed by atoms with van der Waals surface area (Å²) < 4.78 is 0. The first-order chi connectivity index (χ1) is 18.0. The van der Waals surface area contributed by atoms with Gasteiger partial charge in [-0.05, 0) is 55.1 Å². The topological polar surface area (TPSA) is 132 Å². The number of pyridine rings is 1. The molecule has 0 unspecified atom stereocenters. The number of aromatic amines is 2. The van der Waals surface area contributed by atoms with Crippen molar-refractivity contribution in [1.29, 1.82) is 0 Å². The molecule has 0 radical (unpaired) electrons. The minimum Gasteiger partial charge on any atom is -0.351 e. The number of hydrogen-bond donors (Lipinski definition) is 4. The number of nitrogens with zero attached hydrogens (tertiary/aromatic N) is 4. The van der Waals surface area contributed by atoms with Gasteiger partial charge in [0.05, 0.1) is 11.7 Å². The average molecular weight is 501 g/mol. The number of benzene rings is 1. The zero-order chi connectivity index (χ0) is 25.8. The lowest BCUT2D eigenvalue weighted by Gasteiger charge is -2.15. The first-order valence-corrected chi connectivity index (χ1v) is 12.8. The van der Waals surface area contributed by atoms with Gasteiger partial charge in [-0.3, -0.25) is 19.7 Å². The highest BCUT2D eigenvalue weighted by Crippen LogP contribution is 2.31. The van der Waals surface area contributed by atoms with Crippen molar-refractivity contribution in [3.05, 3.63) is 53.6 Å². The largest absolute Gasteiger partial charge is 0.351 e. The highest BCUT2D eigenvalue weighted by Gasteiger charge is 2.20. The molecule has 5 rings (SSSR count). The summed E-state index contributed by atoms with van der Waals surface area (Å²) >= 11 is 0. The molecule has 1 aromatic carbocycles. The number of H-pyrrole nitrogens is 2. The molecule has 192 valence electrons. The number of amides is 2. The van der Waals surface area contributed by atoms with E-state index in [1.807, 2.05) is 23.4 Å². The number of aromatic nitrogens is 5. The van der Waals surface area contributed by atoms with Gasteiger partial charge >= 0.3 is 0 Å². The van der Waals surface area contributed by atoms with Gasteiger partial charge in [-0.25, -0.2) is 4.98 Å². The SMILES string of the molecule is CCNCc1cncc(-c2ccc3[nH]nc(-c4ncc(C(=O)NCCCN5CCCC5=O)[nH]4)c3c2)c1C. The summed E-state index contributed by atoms with van der Waals surface area (Å²) in [5.74, 6) is 0.491. The molecule has 3 aromatic heterocycles. The highest BCUT2D eigenvalue weighted by molar-refractivity contribution is 5.96. The molecular formula is C27H32N8O2. The second kappa shape index (κ2) is 10.9. The third-order valence-corrected chi connectivity index (χ3v) is 6.87. The van der Waals surface area contributed by atoms with Crippen molar-refractivity contribution >= 4 is 22.7 Å². The molecule has 4 N–H and O–H groups in total. The number of fused-ring (bicyclic) bond motifs is 1. The van der Waals surface area contributed by atoms with Gasteiger partial charge < -0.3 is 20.5 Å². The number of carbonyl (C=O) groups is 2. The van der Waals surface area contributed by atoms with Gasteiger partial charge in [0.1, 0.15) is 11.4 Å². The summed E-state index contributed by atoms with van der Waals surface area (Å²) in [4.78, 5) is 38.2. The Labute approximate surface area is 215 Å². The monoisotopic (exact) mass is 500 g/mol. The molecule has 0 bridgehead atoms. The molecule has 1 aliphatic rings. The van der Waals surface area contributed by atoms with Crippen LogP contribution in [0.4, 0.5) is 0 Å². The quantitative estimate of drug-likeness (QED) is 0.247. The number of carbonyl (C=O) groups excluding carboxylic acids is 2. The molecule has 1 fully saturated rings. The van der Waals surface area contributed by atoms with Crippen molar-refractivity contribution in [2.24, 2.45) is 0 Å². The zero-order valence-electron chi connectivity index (χ0n) is 21.2. The lowest BCUT2D eigenvalue weighted by molar-refractivity contribution is -0.127. The summed E-state index contributed by atoms with van der Waals surface area (Å²) in [6, 6.07) is 6.14. The minimum atomic E-state index is -0.230. The third kappa shape index (κ3) is 5.24. The van der Waals surface area contributed by atoms with E-state index in [-0.39, 0.29) is 11.8 Å². The van der Waals surface area contributed by atoms with E-state index in [9.17, 15) is 9.59 Å². The van der Waals surface area contributed by atoms with Crippen LogP contribution in [0, 0.1) is 6.92 Å². The summed E-state index contributed by atoms with van der Waals surface area (Å²) in [6.07, 6.45) is 7.59. The maximum atomic E-state index is 12.6. The van der Waals surface area contributed by atoms with Crippen LogP contribution in [0.15, 0.2) is 36.8 Å². The van der Waals surface area contributed by atoms with Crippen LogP contribution in [0.3, 0.4) is 0 Å². The second-order valence-electron chi connectivity index (χ2n) is 9.32. The van der Waals surface area contributed by atoms with Crippen molar-refractivity contribution < 1.29 is 9.59 Å². The van der Waals surface area contributed by atoms with Crippen LogP contribution < -0.4 is 10.6 Å². The summed E-state index contributed by atoms with van der Waals surface area (Å²) in [7, 11) is 0. The lowest BCUT2D eigenvalue weighted by Crippen LogP contribution is -2.30. The Morgan fingerprint density at radius 3 is 2.92 bits per heavy atom. The van der Waals surface area contributed by atoms with Gasteiger partial charge in [0.2, 0.25) is 5.91 Å². The van der Waals surface area contributed by atoms with Crippen molar-refractivity contribution in [3.63, 3.8) is 0 Å². The Balaban J connectivity index is 1.30. The van der Waals surface area contributed by atoms with Crippen LogP contribution in [0.2, 0.25) is 0 Å². The van der Waals surface area contributed by atoms with Crippen molar-refractivity contribution in [2.45, 2.75) is 39.7 Å². The molecule has 1 aliphatic heterocycles. The first-order valence-electron chi connectivity index (χ1n) is 12.8. The molecule has 37 heavy (non-hydrogen) atoms. The summed E-state index contributed by atoms with van der Waals surface area (Å²) in [5, 5.41) is 14.7. The Morgan fingerprint density at radius 1 is 1.22 bits per heavy atom. The molecular weight excluding hydrogens is 468 g/mol. The molecule has 0 atom stereocenters. The molecule has 4 heterocycles. The van der Waals surface area contributed by atoms with Gasteiger partial charge in [0.25, 0.3) is 5.91 Å². The van der Waals surface area contributed by atoms with E-state index in [1.165, 1.54) is 17.3 Å². The first kappa shape index (κ1) is 24.6. The molecule has 0 spiro atoms. The van der Waals surface area contributed by atoms with Gasteiger partial charge in [-0.1, -0.05) is 13.0 Å².